The SMILES string of the molecule is Cc1ccc([C@](O)(C(=O)NCC2C3CNC[C@@H]32)c2ccccc2)cc1. The van der Waals surface area contributed by atoms with Gasteiger partial charge in [-0.25, -0.2) is 0 Å². The van der Waals surface area contributed by atoms with Gasteiger partial charge >= 0.3 is 0 Å². The van der Waals surface area contributed by atoms with E-state index in [0.717, 1.165) is 18.7 Å². The molecule has 4 heteroatoms. The average molecular weight is 336 g/mol. The van der Waals surface area contributed by atoms with Gasteiger partial charge in [-0.1, -0.05) is 60.2 Å². The molecule has 2 aromatic carbocycles. The molecule has 2 aromatic rings. The van der Waals surface area contributed by atoms with Crippen molar-refractivity contribution in [2.24, 2.45) is 17.8 Å². The fourth-order valence-corrected chi connectivity index (χ4v) is 4.09. The third kappa shape index (κ3) is 2.86. The van der Waals surface area contributed by atoms with Crippen LogP contribution < -0.4 is 10.6 Å². The molecule has 0 aromatic heterocycles. The molecule has 1 amide bonds. The summed E-state index contributed by atoms with van der Waals surface area (Å²) in [7, 11) is 0. The average Bonchev–Trinajstić information content (AvgIpc) is 3.07. The van der Waals surface area contributed by atoms with Crippen LogP contribution in [0.5, 0.6) is 0 Å². The Morgan fingerprint density at radius 1 is 1.08 bits per heavy atom. The fraction of sp³-hybridized carbons (Fsp3) is 0.381. The molecule has 25 heavy (non-hydrogen) atoms. The number of nitrogens with one attached hydrogen (secondary N) is 2. The lowest BCUT2D eigenvalue weighted by Gasteiger charge is -2.28. The van der Waals surface area contributed by atoms with Crippen LogP contribution in [-0.2, 0) is 10.4 Å². The van der Waals surface area contributed by atoms with Gasteiger partial charge in [0.15, 0.2) is 5.60 Å². The Balaban J connectivity index is 1.58. The number of hydrogen-bond acceptors (Lipinski definition) is 3. The summed E-state index contributed by atoms with van der Waals surface area (Å²) < 4.78 is 0. The molecule has 2 unspecified atom stereocenters. The van der Waals surface area contributed by atoms with Crippen molar-refractivity contribution in [2.75, 3.05) is 19.6 Å². The van der Waals surface area contributed by atoms with E-state index in [1.807, 2.05) is 49.4 Å². The highest BCUT2D eigenvalue weighted by Crippen LogP contribution is 2.48. The van der Waals surface area contributed by atoms with E-state index in [4.69, 9.17) is 0 Å². The summed E-state index contributed by atoms with van der Waals surface area (Å²) in [6.07, 6.45) is 0. The van der Waals surface area contributed by atoms with Crippen molar-refractivity contribution >= 4 is 5.91 Å². The van der Waals surface area contributed by atoms with Gasteiger partial charge in [0.25, 0.3) is 5.91 Å². The monoisotopic (exact) mass is 336 g/mol. The number of amides is 1. The molecule has 4 rings (SSSR count). The van der Waals surface area contributed by atoms with Crippen molar-refractivity contribution in [2.45, 2.75) is 12.5 Å². The molecule has 1 saturated carbocycles. The second kappa shape index (κ2) is 6.28. The molecule has 2 fully saturated rings. The minimum absolute atomic E-state index is 0.347. The second-order valence-electron chi connectivity index (χ2n) is 7.30. The van der Waals surface area contributed by atoms with Crippen molar-refractivity contribution < 1.29 is 9.90 Å². The van der Waals surface area contributed by atoms with Gasteiger partial charge in [-0.15, -0.1) is 0 Å². The summed E-state index contributed by atoms with van der Waals surface area (Å²) in [5.41, 5.74) is 0.614. The Labute approximate surface area is 148 Å². The molecule has 4 nitrogen and oxygen atoms in total. The van der Waals surface area contributed by atoms with Gasteiger partial charge in [0.1, 0.15) is 0 Å². The lowest BCUT2D eigenvalue weighted by atomic mass is 9.85. The van der Waals surface area contributed by atoms with Crippen molar-refractivity contribution in [3.63, 3.8) is 0 Å². The van der Waals surface area contributed by atoms with E-state index < -0.39 is 5.60 Å². The highest BCUT2D eigenvalue weighted by atomic mass is 16.3. The summed E-state index contributed by atoms with van der Waals surface area (Å²) in [6.45, 7) is 4.72. The van der Waals surface area contributed by atoms with Gasteiger partial charge < -0.3 is 15.7 Å². The van der Waals surface area contributed by atoms with E-state index in [0.29, 0.717) is 35.4 Å². The first-order valence-corrected chi connectivity index (χ1v) is 8.95. The molecule has 4 atom stereocenters. The van der Waals surface area contributed by atoms with Crippen LogP contribution in [0.1, 0.15) is 16.7 Å². The lowest BCUT2D eigenvalue weighted by Crippen LogP contribution is -2.46. The van der Waals surface area contributed by atoms with Crippen molar-refractivity contribution in [3.05, 3.63) is 71.3 Å². The highest BCUT2D eigenvalue weighted by molar-refractivity contribution is 5.90. The number of piperidine rings is 1. The third-order valence-corrected chi connectivity index (χ3v) is 5.76. The first kappa shape index (κ1) is 16.3. The number of carbonyl (C=O) groups is 1. The minimum atomic E-state index is -1.67. The largest absolute Gasteiger partial charge is 0.372 e. The molecule has 0 radical (unpaired) electrons. The Morgan fingerprint density at radius 2 is 1.68 bits per heavy atom. The van der Waals surface area contributed by atoms with Crippen LogP contribution in [0.4, 0.5) is 0 Å². The van der Waals surface area contributed by atoms with Crippen molar-refractivity contribution in [3.8, 4) is 0 Å². The number of hydrogen-bond donors (Lipinski definition) is 3. The molecule has 1 aliphatic carbocycles. The first-order chi connectivity index (χ1) is 12.1. The first-order valence-electron chi connectivity index (χ1n) is 8.95. The Morgan fingerprint density at radius 3 is 2.32 bits per heavy atom. The fourth-order valence-electron chi connectivity index (χ4n) is 4.09. The van der Waals surface area contributed by atoms with E-state index in [-0.39, 0.29) is 5.91 Å². The molecule has 3 N–H and O–H groups in total. The molecule has 1 heterocycles. The van der Waals surface area contributed by atoms with E-state index in [9.17, 15) is 9.90 Å². The van der Waals surface area contributed by atoms with Crippen LogP contribution in [0.3, 0.4) is 0 Å². The van der Waals surface area contributed by atoms with E-state index in [1.54, 1.807) is 12.1 Å². The summed E-state index contributed by atoms with van der Waals surface area (Å²) in [6, 6.07) is 16.7. The molecular weight excluding hydrogens is 312 g/mol. The molecule has 0 bridgehead atoms. The summed E-state index contributed by atoms with van der Waals surface area (Å²) in [5.74, 6) is 1.57. The summed E-state index contributed by atoms with van der Waals surface area (Å²) >= 11 is 0. The van der Waals surface area contributed by atoms with Gasteiger partial charge in [0.05, 0.1) is 0 Å². The van der Waals surface area contributed by atoms with Crippen molar-refractivity contribution in [1.29, 1.82) is 0 Å². The standard InChI is InChI=1S/C21H24N2O2/c1-14-7-9-16(10-8-14)21(25,15-5-3-2-4-6-15)20(24)23-13-19-17-11-22-12-18(17)19/h2-10,17-19,22,25H,11-13H2,1H3,(H,23,24)/t17-,18?,19?,21-/m0/s1. The lowest BCUT2D eigenvalue weighted by molar-refractivity contribution is -0.136. The summed E-state index contributed by atoms with van der Waals surface area (Å²) in [4.78, 5) is 13.0. The number of aliphatic hydroxyl groups is 1. The van der Waals surface area contributed by atoms with Gasteiger partial charge in [-0.2, -0.15) is 0 Å². The number of aryl methyl sites for hydroxylation is 1. The predicted molar refractivity (Wildman–Crippen MR) is 97.0 cm³/mol. The van der Waals surface area contributed by atoms with Crippen LogP contribution in [0.15, 0.2) is 54.6 Å². The topological polar surface area (TPSA) is 61.4 Å². The number of fused-ring (bicyclic) bond motifs is 1. The van der Waals surface area contributed by atoms with Crippen LogP contribution in [0, 0.1) is 24.7 Å². The third-order valence-electron chi connectivity index (χ3n) is 5.76. The number of rotatable bonds is 5. The second-order valence-corrected chi connectivity index (χ2v) is 7.30. The highest BCUT2D eigenvalue weighted by Gasteiger charge is 2.53. The van der Waals surface area contributed by atoms with E-state index >= 15 is 0 Å². The van der Waals surface area contributed by atoms with Crippen LogP contribution in [0.2, 0.25) is 0 Å². The maximum atomic E-state index is 13.0. The van der Waals surface area contributed by atoms with Gasteiger partial charge in [-0.3, -0.25) is 4.79 Å². The zero-order valence-corrected chi connectivity index (χ0v) is 14.4. The van der Waals surface area contributed by atoms with Crippen LogP contribution in [-0.4, -0.2) is 30.6 Å². The minimum Gasteiger partial charge on any atom is -0.372 e. The Bertz CT molecular complexity index is 749. The summed E-state index contributed by atoms with van der Waals surface area (Å²) in [5, 5.41) is 17.8. The van der Waals surface area contributed by atoms with Gasteiger partial charge in [0.2, 0.25) is 0 Å². The normalized spacial score (nSPS) is 26.6. The zero-order valence-electron chi connectivity index (χ0n) is 14.4. The van der Waals surface area contributed by atoms with E-state index in [1.165, 1.54) is 0 Å². The maximum absolute atomic E-state index is 13.0. The quantitative estimate of drug-likeness (QED) is 0.780. The zero-order chi connectivity index (χ0) is 17.4. The van der Waals surface area contributed by atoms with Gasteiger partial charge in [0, 0.05) is 6.54 Å². The Hall–Kier alpha value is -2.17. The maximum Gasteiger partial charge on any atom is 0.261 e. The number of benzene rings is 2. The molecular formula is C21H24N2O2. The predicted octanol–water partition coefficient (Wildman–Crippen LogP) is 1.81. The van der Waals surface area contributed by atoms with E-state index in [2.05, 4.69) is 10.6 Å². The van der Waals surface area contributed by atoms with Crippen molar-refractivity contribution in [1.82, 2.24) is 10.6 Å². The smallest absolute Gasteiger partial charge is 0.261 e. The molecule has 2 aliphatic rings. The number of carbonyl (C=O) groups excluding carboxylic acids is 1. The Kier molecular flexibility index (Phi) is 4.10. The molecule has 1 aliphatic heterocycles. The molecule has 0 spiro atoms. The van der Waals surface area contributed by atoms with Crippen LogP contribution >= 0.6 is 0 Å². The molecule has 130 valence electrons. The molecule has 1 saturated heterocycles. The van der Waals surface area contributed by atoms with Gasteiger partial charge in [-0.05, 0) is 48.9 Å². The van der Waals surface area contributed by atoms with Crippen LogP contribution in [0.25, 0.3) is 0 Å².